The lowest BCUT2D eigenvalue weighted by Crippen LogP contribution is -2.37. The molecule has 0 aliphatic carbocycles. The number of benzene rings is 1. The van der Waals surface area contributed by atoms with Gasteiger partial charge in [0.25, 0.3) is 0 Å². The topological polar surface area (TPSA) is 57.8 Å². The van der Waals surface area contributed by atoms with Gasteiger partial charge in [0, 0.05) is 31.0 Å². The smallest absolute Gasteiger partial charge is 0.206 e. The van der Waals surface area contributed by atoms with Crippen LogP contribution in [0.3, 0.4) is 0 Å². The molecule has 1 atom stereocenters. The number of carbonyl (C=O) groups is 1. The van der Waals surface area contributed by atoms with Crippen molar-refractivity contribution in [3.8, 4) is 0 Å². The first-order chi connectivity index (χ1) is 14.1. The van der Waals surface area contributed by atoms with Gasteiger partial charge in [-0.25, -0.2) is 0 Å². The number of imidazole rings is 1. The van der Waals surface area contributed by atoms with Crippen molar-refractivity contribution >= 4 is 16.8 Å². The largest absolute Gasteiger partial charge is 0.353 e. The molecule has 1 aliphatic heterocycles. The van der Waals surface area contributed by atoms with Gasteiger partial charge in [-0.05, 0) is 31.4 Å². The number of hydrogen-bond donors (Lipinski definition) is 0. The molecule has 0 bridgehead atoms. The van der Waals surface area contributed by atoms with Gasteiger partial charge in [-0.1, -0.05) is 46.8 Å². The Bertz CT molecular complexity index is 941. The van der Waals surface area contributed by atoms with E-state index in [1.807, 2.05) is 37.5 Å². The molecule has 1 aromatic heterocycles. The van der Waals surface area contributed by atoms with E-state index in [1.165, 1.54) is 0 Å². The average molecular weight is 416 g/mol. The van der Waals surface area contributed by atoms with E-state index in [9.17, 15) is 4.79 Å². The number of Topliss-reactive ketones (excluding diaryl/α,β-unsaturated/α-hetero) is 1. The van der Waals surface area contributed by atoms with Crippen molar-refractivity contribution < 1.29 is 14.3 Å². The van der Waals surface area contributed by atoms with Crippen LogP contribution in [-0.4, -0.2) is 41.5 Å². The highest BCUT2D eigenvalue weighted by atomic mass is 16.7. The van der Waals surface area contributed by atoms with Crippen molar-refractivity contribution in [2.45, 2.75) is 73.3 Å². The Kier molecular flexibility index (Phi) is 6.88. The molecule has 0 amide bonds. The van der Waals surface area contributed by atoms with Gasteiger partial charge in [-0.3, -0.25) is 9.79 Å². The second-order valence-corrected chi connectivity index (χ2v) is 10.1. The Balaban J connectivity index is 1.90. The SMILES string of the molecule is CN=c1n(CC(=O)C(C)(C)C)c2ccccc2n1CC(C)(C)COC1CCCCO1. The zero-order valence-corrected chi connectivity index (χ0v) is 19.4. The Labute approximate surface area is 179 Å². The lowest BCUT2D eigenvalue weighted by molar-refractivity contribution is -0.177. The van der Waals surface area contributed by atoms with E-state index in [-0.39, 0.29) is 17.5 Å². The van der Waals surface area contributed by atoms with Crippen LogP contribution in [0.4, 0.5) is 0 Å². The van der Waals surface area contributed by atoms with E-state index >= 15 is 0 Å². The summed E-state index contributed by atoms with van der Waals surface area (Å²) in [5.41, 5.74) is 2.42. The quantitative estimate of drug-likeness (QED) is 0.682. The fourth-order valence-electron chi connectivity index (χ4n) is 3.85. The Hall–Kier alpha value is -1.92. The number of ether oxygens (including phenoxy) is 2. The van der Waals surface area contributed by atoms with Crippen molar-refractivity contribution in [1.82, 2.24) is 9.13 Å². The molecule has 1 aliphatic rings. The molecular formula is C24H37N3O3. The molecule has 1 fully saturated rings. The highest BCUT2D eigenvalue weighted by Crippen LogP contribution is 2.25. The maximum atomic E-state index is 12.8. The molecule has 0 radical (unpaired) electrons. The van der Waals surface area contributed by atoms with Crippen LogP contribution in [0.2, 0.25) is 0 Å². The summed E-state index contributed by atoms with van der Waals surface area (Å²) in [5, 5.41) is 0. The van der Waals surface area contributed by atoms with Crippen LogP contribution in [0.1, 0.15) is 53.9 Å². The summed E-state index contributed by atoms with van der Waals surface area (Å²) in [4.78, 5) is 17.4. The van der Waals surface area contributed by atoms with Gasteiger partial charge in [0.2, 0.25) is 5.62 Å². The lowest BCUT2D eigenvalue weighted by atomic mass is 9.91. The minimum absolute atomic E-state index is 0.0934. The number of carbonyl (C=O) groups excluding carboxylic acids is 1. The normalized spacial score (nSPS) is 18.9. The van der Waals surface area contributed by atoms with Gasteiger partial charge in [-0.2, -0.15) is 0 Å². The van der Waals surface area contributed by atoms with E-state index in [1.54, 1.807) is 7.05 Å². The van der Waals surface area contributed by atoms with E-state index in [4.69, 9.17) is 9.47 Å². The minimum atomic E-state index is -0.395. The summed E-state index contributed by atoms with van der Waals surface area (Å²) in [6.45, 7) is 12.7. The zero-order chi connectivity index (χ0) is 21.9. The number of nitrogens with zero attached hydrogens (tertiary/aromatic N) is 3. The molecule has 1 saturated heterocycles. The van der Waals surface area contributed by atoms with E-state index in [2.05, 4.69) is 35.5 Å². The van der Waals surface area contributed by atoms with Crippen LogP contribution in [-0.2, 0) is 27.4 Å². The minimum Gasteiger partial charge on any atom is -0.353 e. The van der Waals surface area contributed by atoms with Crippen LogP contribution >= 0.6 is 0 Å². The van der Waals surface area contributed by atoms with E-state index in [0.29, 0.717) is 13.2 Å². The molecule has 1 unspecified atom stereocenters. The summed E-state index contributed by atoms with van der Waals surface area (Å²) in [7, 11) is 1.79. The standard InChI is InChI=1S/C24H37N3O3/c1-23(2,3)20(28)15-26-18-11-7-8-12-19(18)27(22(26)25-6)16-24(4,5)17-30-21-13-9-10-14-29-21/h7-8,11-12,21H,9-10,13-17H2,1-6H3. The molecule has 3 rings (SSSR count). The van der Waals surface area contributed by atoms with Crippen LogP contribution in [0.15, 0.2) is 29.3 Å². The molecule has 6 nitrogen and oxygen atoms in total. The third kappa shape index (κ3) is 5.22. The lowest BCUT2D eigenvalue weighted by Gasteiger charge is -2.30. The predicted molar refractivity (Wildman–Crippen MR) is 119 cm³/mol. The molecule has 0 spiro atoms. The number of rotatable bonds is 7. The highest BCUT2D eigenvalue weighted by Gasteiger charge is 2.27. The molecule has 166 valence electrons. The number of ketones is 1. The van der Waals surface area contributed by atoms with Crippen LogP contribution in [0.25, 0.3) is 11.0 Å². The molecule has 1 aromatic carbocycles. The number of aromatic nitrogens is 2. The first-order valence-electron chi connectivity index (χ1n) is 11.0. The Morgan fingerprint density at radius 1 is 1.13 bits per heavy atom. The molecule has 2 heterocycles. The molecule has 0 saturated carbocycles. The average Bonchev–Trinajstić information content (AvgIpc) is 2.99. The van der Waals surface area contributed by atoms with Crippen LogP contribution < -0.4 is 5.62 Å². The maximum Gasteiger partial charge on any atom is 0.206 e. The third-order valence-electron chi connectivity index (χ3n) is 5.67. The van der Waals surface area contributed by atoms with Crippen molar-refractivity contribution in [2.24, 2.45) is 15.8 Å². The fraction of sp³-hybridized carbons (Fsp3) is 0.667. The van der Waals surface area contributed by atoms with Gasteiger partial charge in [-0.15, -0.1) is 0 Å². The molecule has 2 aromatic rings. The first-order valence-corrected chi connectivity index (χ1v) is 11.0. The van der Waals surface area contributed by atoms with Gasteiger partial charge < -0.3 is 18.6 Å². The molecule has 6 heteroatoms. The van der Waals surface area contributed by atoms with Crippen LogP contribution in [0, 0.1) is 10.8 Å². The van der Waals surface area contributed by atoms with Crippen molar-refractivity contribution in [3.63, 3.8) is 0 Å². The van der Waals surface area contributed by atoms with Crippen molar-refractivity contribution in [3.05, 3.63) is 29.9 Å². The molecular weight excluding hydrogens is 378 g/mol. The number of fused-ring (bicyclic) bond motifs is 1. The highest BCUT2D eigenvalue weighted by molar-refractivity contribution is 5.85. The predicted octanol–water partition coefficient (Wildman–Crippen LogP) is 4.16. The second-order valence-electron chi connectivity index (χ2n) is 10.1. The van der Waals surface area contributed by atoms with Crippen molar-refractivity contribution in [1.29, 1.82) is 0 Å². The van der Waals surface area contributed by atoms with Gasteiger partial charge in [0.1, 0.15) is 0 Å². The Morgan fingerprint density at radius 2 is 1.80 bits per heavy atom. The summed E-state index contributed by atoms with van der Waals surface area (Å²) in [6, 6.07) is 8.21. The van der Waals surface area contributed by atoms with Crippen LogP contribution in [0.5, 0.6) is 0 Å². The number of para-hydroxylation sites is 2. The van der Waals surface area contributed by atoms with Gasteiger partial charge in [0.15, 0.2) is 12.1 Å². The summed E-state index contributed by atoms with van der Waals surface area (Å²) in [6.07, 6.45) is 3.15. The monoisotopic (exact) mass is 415 g/mol. The second kappa shape index (κ2) is 9.06. The fourth-order valence-corrected chi connectivity index (χ4v) is 3.85. The number of hydrogen-bond acceptors (Lipinski definition) is 4. The van der Waals surface area contributed by atoms with E-state index < -0.39 is 5.41 Å². The summed E-state index contributed by atoms with van der Waals surface area (Å²) < 4.78 is 16.1. The van der Waals surface area contributed by atoms with E-state index in [0.717, 1.165) is 49.1 Å². The van der Waals surface area contributed by atoms with Gasteiger partial charge in [0.05, 0.1) is 24.2 Å². The summed E-state index contributed by atoms with van der Waals surface area (Å²) >= 11 is 0. The van der Waals surface area contributed by atoms with Gasteiger partial charge >= 0.3 is 0 Å². The maximum absolute atomic E-state index is 12.8. The molecule has 30 heavy (non-hydrogen) atoms. The first kappa shape index (κ1) is 22.8. The molecule has 0 N–H and O–H groups in total. The zero-order valence-electron chi connectivity index (χ0n) is 19.4. The van der Waals surface area contributed by atoms with Crippen molar-refractivity contribution in [2.75, 3.05) is 20.3 Å². The summed E-state index contributed by atoms with van der Waals surface area (Å²) in [5.74, 6) is 0.192. The Morgan fingerprint density at radius 3 is 2.37 bits per heavy atom. The third-order valence-corrected chi connectivity index (χ3v) is 5.67.